The van der Waals surface area contributed by atoms with Crippen LogP contribution < -0.4 is 15.5 Å². The van der Waals surface area contributed by atoms with E-state index in [1.54, 1.807) is 42.0 Å². The smallest absolute Gasteiger partial charge is 0.331 e. The zero-order valence-corrected chi connectivity index (χ0v) is 23.5. The molecule has 1 saturated heterocycles. The Morgan fingerprint density at radius 3 is 2.61 bits per heavy atom. The van der Waals surface area contributed by atoms with Crippen LogP contribution in [0.15, 0.2) is 36.8 Å². The number of urea groups is 1. The van der Waals surface area contributed by atoms with Gasteiger partial charge in [-0.25, -0.2) is 29.7 Å². The van der Waals surface area contributed by atoms with Crippen LogP contribution in [0.5, 0.6) is 0 Å². The Bertz CT molecular complexity index is 1720. The molecule has 2 aliphatic rings. The molecule has 1 aliphatic carbocycles. The number of carbonyl (C=O) groups is 3. The fourth-order valence-electron chi connectivity index (χ4n) is 4.90. The van der Waals surface area contributed by atoms with Crippen molar-refractivity contribution < 1.29 is 14.4 Å². The number of pyridine rings is 1. The standard InChI is InChI=1S/C27H27ClN10O3/c1-13-5-6-29-24(30-13)17-8-18(17)26(40)35-22-9-21(32-15(3)33-22)31-14(2)19-11-37-10-16(28)7-20(25(37)34-19)38-12-23(39)36(4)27(38)41/h5-7,9-11,14,17-18H,8,12H2,1-4H3,(H2,31,32,33,35,40). The van der Waals surface area contributed by atoms with Gasteiger partial charge >= 0.3 is 6.03 Å². The van der Waals surface area contributed by atoms with E-state index in [1.807, 2.05) is 19.9 Å². The van der Waals surface area contributed by atoms with Crippen LogP contribution in [0.3, 0.4) is 0 Å². The van der Waals surface area contributed by atoms with Crippen molar-refractivity contribution in [1.29, 1.82) is 0 Å². The number of halogens is 1. The lowest BCUT2D eigenvalue weighted by Gasteiger charge is -2.16. The van der Waals surface area contributed by atoms with Crippen LogP contribution in [0.2, 0.25) is 5.02 Å². The third kappa shape index (κ3) is 5.15. The number of imidazole rings is 1. The van der Waals surface area contributed by atoms with Gasteiger partial charge in [-0.15, -0.1) is 0 Å². The third-order valence-corrected chi connectivity index (χ3v) is 7.37. The van der Waals surface area contributed by atoms with E-state index in [0.29, 0.717) is 51.8 Å². The van der Waals surface area contributed by atoms with Gasteiger partial charge < -0.3 is 15.0 Å². The fourth-order valence-corrected chi connectivity index (χ4v) is 5.10. The van der Waals surface area contributed by atoms with Crippen molar-refractivity contribution in [2.24, 2.45) is 5.92 Å². The summed E-state index contributed by atoms with van der Waals surface area (Å²) in [6, 6.07) is 4.36. The summed E-state index contributed by atoms with van der Waals surface area (Å²) in [4.78, 5) is 62.4. The maximum Gasteiger partial charge on any atom is 0.331 e. The molecule has 0 spiro atoms. The van der Waals surface area contributed by atoms with Crippen LogP contribution in [0.4, 0.5) is 22.1 Å². The largest absolute Gasteiger partial charge is 0.362 e. The molecule has 4 amide bonds. The highest BCUT2D eigenvalue weighted by atomic mass is 35.5. The lowest BCUT2D eigenvalue weighted by Crippen LogP contribution is -2.30. The number of nitrogens with zero attached hydrogens (tertiary/aromatic N) is 8. The molecule has 4 aromatic rings. The number of amides is 4. The predicted molar refractivity (Wildman–Crippen MR) is 151 cm³/mol. The Labute approximate surface area is 240 Å². The topological polar surface area (TPSA) is 151 Å². The summed E-state index contributed by atoms with van der Waals surface area (Å²) in [5.74, 6) is 1.41. The summed E-state index contributed by atoms with van der Waals surface area (Å²) in [6.07, 6.45) is 5.88. The molecule has 6 rings (SSSR count). The van der Waals surface area contributed by atoms with E-state index in [0.717, 1.165) is 10.6 Å². The zero-order chi connectivity index (χ0) is 29.0. The zero-order valence-electron chi connectivity index (χ0n) is 22.8. The first kappa shape index (κ1) is 26.6. The summed E-state index contributed by atoms with van der Waals surface area (Å²) in [6.45, 7) is 5.47. The lowest BCUT2D eigenvalue weighted by atomic mass is 10.2. The lowest BCUT2D eigenvalue weighted by molar-refractivity contribution is -0.124. The second kappa shape index (κ2) is 10.1. The van der Waals surface area contributed by atoms with E-state index in [2.05, 4.69) is 30.6 Å². The number of rotatable bonds is 7. The minimum Gasteiger partial charge on any atom is -0.362 e. The van der Waals surface area contributed by atoms with Crippen LogP contribution in [-0.2, 0) is 9.59 Å². The molecule has 41 heavy (non-hydrogen) atoms. The molecule has 14 heteroatoms. The molecule has 2 fully saturated rings. The Morgan fingerprint density at radius 2 is 1.88 bits per heavy atom. The normalized spacial score (nSPS) is 19.1. The molecule has 2 N–H and O–H groups in total. The van der Waals surface area contributed by atoms with E-state index in [4.69, 9.17) is 16.6 Å². The van der Waals surface area contributed by atoms with Gasteiger partial charge in [-0.2, -0.15) is 0 Å². The van der Waals surface area contributed by atoms with Gasteiger partial charge in [-0.05, 0) is 39.3 Å². The Hall–Kier alpha value is -4.65. The number of fused-ring (bicyclic) bond motifs is 1. The number of aromatic nitrogens is 6. The van der Waals surface area contributed by atoms with Gasteiger partial charge in [0.2, 0.25) is 11.8 Å². The number of imide groups is 1. The molecule has 13 nitrogen and oxygen atoms in total. The molecular formula is C27H27ClN10O3. The van der Waals surface area contributed by atoms with E-state index in [9.17, 15) is 14.4 Å². The maximum absolute atomic E-state index is 12.9. The van der Waals surface area contributed by atoms with Gasteiger partial charge in [-0.1, -0.05) is 11.6 Å². The van der Waals surface area contributed by atoms with Crippen LogP contribution in [0.1, 0.15) is 48.3 Å². The molecule has 1 aliphatic heterocycles. The van der Waals surface area contributed by atoms with Gasteiger partial charge in [0.15, 0.2) is 5.65 Å². The number of nitrogens with one attached hydrogen (secondary N) is 2. The fraction of sp³-hybridized carbons (Fsp3) is 0.333. The third-order valence-electron chi connectivity index (χ3n) is 7.16. The molecule has 0 bridgehead atoms. The minimum absolute atomic E-state index is 0.00160. The summed E-state index contributed by atoms with van der Waals surface area (Å²) < 4.78 is 1.72. The second-order valence-electron chi connectivity index (χ2n) is 10.3. The van der Waals surface area contributed by atoms with E-state index in [1.165, 1.54) is 11.9 Å². The van der Waals surface area contributed by atoms with Gasteiger partial charge in [0.25, 0.3) is 0 Å². The number of hydrogen-bond acceptors (Lipinski definition) is 9. The Balaban J connectivity index is 1.19. The SMILES string of the molecule is Cc1ccnc(C2CC2C(=O)Nc2cc(NC(C)c3cn4cc(Cl)cc(N5CC(=O)N(C)C5=O)c4n3)nc(C)n2)n1. The number of anilines is 3. The maximum atomic E-state index is 12.9. The van der Waals surface area contributed by atoms with Crippen molar-refractivity contribution in [3.8, 4) is 0 Å². The predicted octanol–water partition coefficient (Wildman–Crippen LogP) is 3.50. The highest BCUT2D eigenvalue weighted by Gasteiger charge is 2.46. The van der Waals surface area contributed by atoms with Crippen LogP contribution >= 0.6 is 11.6 Å². The number of hydrogen-bond donors (Lipinski definition) is 2. The van der Waals surface area contributed by atoms with Crippen molar-refractivity contribution in [2.75, 3.05) is 29.1 Å². The summed E-state index contributed by atoms with van der Waals surface area (Å²) in [5.41, 5.74) is 2.45. The quantitative estimate of drug-likeness (QED) is 0.316. The molecular weight excluding hydrogens is 548 g/mol. The first-order valence-electron chi connectivity index (χ1n) is 13.1. The molecule has 210 valence electrons. The first-order valence-corrected chi connectivity index (χ1v) is 13.4. The summed E-state index contributed by atoms with van der Waals surface area (Å²) in [7, 11) is 1.44. The average molecular weight is 575 g/mol. The molecule has 5 heterocycles. The Kier molecular flexibility index (Phi) is 6.53. The number of carbonyl (C=O) groups excluding carboxylic acids is 3. The molecule has 3 atom stereocenters. The van der Waals surface area contributed by atoms with E-state index >= 15 is 0 Å². The highest BCUT2D eigenvalue weighted by molar-refractivity contribution is 6.31. The number of likely N-dealkylation sites (N-methyl/N-ethyl adjacent to an activating group) is 1. The van der Waals surface area contributed by atoms with E-state index in [-0.39, 0.29) is 36.2 Å². The molecule has 3 unspecified atom stereocenters. The Morgan fingerprint density at radius 1 is 1.10 bits per heavy atom. The highest BCUT2D eigenvalue weighted by Crippen LogP contribution is 2.46. The van der Waals surface area contributed by atoms with Crippen molar-refractivity contribution >= 4 is 52.4 Å². The molecule has 0 aromatic carbocycles. The monoisotopic (exact) mass is 574 g/mol. The van der Waals surface area contributed by atoms with Crippen molar-refractivity contribution in [3.05, 3.63) is 64.8 Å². The van der Waals surface area contributed by atoms with Gasteiger partial charge in [0.05, 0.1) is 22.4 Å². The van der Waals surface area contributed by atoms with Gasteiger partial charge in [-0.3, -0.25) is 19.4 Å². The van der Waals surface area contributed by atoms with Gasteiger partial charge in [0.1, 0.15) is 29.8 Å². The molecule has 1 saturated carbocycles. The molecule has 0 radical (unpaired) electrons. The van der Waals surface area contributed by atoms with Gasteiger partial charge in [0, 0.05) is 49.2 Å². The van der Waals surface area contributed by atoms with Crippen molar-refractivity contribution in [3.63, 3.8) is 0 Å². The average Bonchev–Trinajstić information content (AvgIpc) is 3.55. The minimum atomic E-state index is -0.440. The molecule has 4 aromatic heterocycles. The number of aryl methyl sites for hydroxylation is 2. The van der Waals surface area contributed by atoms with Crippen molar-refractivity contribution in [2.45, 2.75) is 39.2 Å². The summed E-state index contributed by atoms with van der Waals surface area (Å²) in [5, 5.41) is 6.61. The van der Waals surface area contributed by atoms with Crippen LogP contribution in [0.25, 0.3) is 5.65 Å². The van der Waals surface area contributed by atoms with Crippen LogP contribution in [-0.4, -0.2) is 65.7 Å². The first-order chi connectivity index (χ1) is 19.6. The second-order valence-corrected chi connectivity index (χ2v) is 10.7. The van der Waals surface area contributed by atoms with E-state index < -0.39 is 6.03 Å². The van der Waals surface area contributed by atoms with Crippen LogP contribution in [0, 0.1) is 19.8 Å². The van der Waals surface area contributed by atoms with Crippen molar-refractivity contribution in [1.82, 2.24) is 34.2 Å². The summed E-state index contributed by atoms with van der Waals surface area (Å²) >= 11 is 6.34.